The molecule has 0 amide bonds. The third-order valence-electron chi connectivity index (χ3n) is 9.35. The SMILES string of the molecule is c1ccc(-c2cccc(-c3nc(-c4cccc(-c5cccc(-c6cncc7ccccc67)c5)c4)cc(-c4cccc5ccccc45)n3)c2)cc1. The van der Waals surface area contributed by atoms with Gasteiger partial charge in [0.15, 0.2) is 5.82 Å². The van der Waals surface area contributed by atoms with Crippen molar-refractivity contribution in [3.63, 3.8) is 0 Å². The maximum absolute atomic E-state index is 5.23. The van der Waals surface area contributed by atoms with Crippen LogP contribution in [0.3, 0.4) is 0 Å². The van der Waals surface area contributed by atoms with Crippen LogP contribution in [0.5, 0.6) is 0 Å². The minimum atomic E-state index is 0.694. The molecule has 3 heteroatoms. The van der Waals surface area contributed by atoms with Crippen LogP contribution < -0.4 is 0 Å². The predicted molar refractivity (Wildman–Crippen MR) is 207 cm³/mol. The summed E-state index contributed by atoms with van der Waals surface area (Å²) in [5.74, 6) is 0.694. The molecule has 50 heavy (non-hydrogen) atoms. The third kappa shape index (κ3) is 5.61. The first-order valence-electron chi connectivity index (χ1n) is 16.8. The Morgan fingerprint density at radius 2 is 0.820 bits per heavy atom. The van der Waals surface area contributed by atoms with E-state index in [1.807, 2.05) is 18.5 Å². The summed E-state index contributed by atoms with van der Waals surface area (Å²) >= 11 is 0. The number of fused-ring (bicyclic) bond motifs is 2. The molecule has 0 aliphatic rings. The Morgan fingerprint density at radius 1 is 0.300 bits per heavy atom. The van der Waals surface area contributed by atoms with Crippen LogP contribution in [0.1, 0.15) is 0 Å². The number of nitrogens with zero attached hydrogens (tertiary/aromatic N) is 3. The van der Waals surface area contributed by atoms with Gasteiger partial charge in [0.1, 0.15) is 0 Å². The molecule has 234 valence electrons. The average molecular weight is 638 g/mol. The molecular weight excluding hydrogens is 607 g/mol. The second kappa shape index (κ2) is 12.7. The van der Waals surface area contributed by atoms with Gasteiger partial charge in [-0.25, -0.2) is 9.97 Å². The summed E-state index contributed by atoms with van der Waals surface area (Å²) in [6.45, 7) is 0. The van der Waals surface area contributed by atoms with E-state index in [1.54, 1.807) is 0 Å². The Bertz CT molecular complexity index is 2650. The van der Waals surface area contributed by atoms with Gasteiger partial charge in [-0.15, -0.1) is 0 Å². The molecule has 0 fully saturated rings. The zero-order valence-corrected chi connectivity index (χ0v) is 27.2. The summed E-state index contributed by atoms with van der Waals surface area (Å²) in [6.07, 6.45) is 3.88. The maximum Gasteiger partial charge on any atom is 0.160 e. The second-order valence-electron chi connectivity index (χ2n) is 12.5. The Hall–Kier alpha value is -6.71. The molecule has 9 aromatic rings. The van der Waals surface area contributed by atoms with Gasteiger partial charge >= 0.3 is 0 Å². The fourth-order valence-corrected chi connectivity index (χ4v) is 6.85. The van der Waals surface area contributed by atoms with E-state index >= 15 is 0 Å². The van der Waals surface area contributed by atoms with E-state index in [-0.39, 0.29) is 0 Å². The van der Waals surface area contributed by atoms with E-state index in [4.69, 9.17) is 9.97 Å². The van der Waals surface area contributed by atoms with Gasteiger partial charge in [-0.2, -0.15) is 0 Å². The molecule has 2 heterocycles. The molecule has 0 unspecified atom stereocenters. The predicted octanol–water partition coefficient (Wildman–Crippen LogP) is 12.2. The Kier molecular flexibility index (Phi) is 7.49. The summed E-state index contributed by atoms with van der Waals surface area (Å²) in [5.41, 5.74) is 11.7. The van der Waals surface area contributed by atoms with E-state index in [1.165, 1.54) is 10.8 Å². The first kappa shape index (κ1) is 29.4. The van der Waals surface area contributed by atoms with Gasteiger partial charge in [0, 0.05) is 40.0 Å². The molecule has 0 saturated carbocycles. The van der Waals surface area contributed by atoms with Gasteiger partial charge in [-0.05, 0) is 68.2 Å². The van der Waals surface area contributed by atoms with Crippen LogP contribution >= 0.6 is 0 Å². The fraction of sp³-hybridized carbons (Fsp3) is 0. The van der Waals surface area contributed by atoms with Crippen molar-refractivity contribution in [2.45, 2.75) is 0 Å². The molecular formula is C47H31N3. The topological polar surface area (TPSA) is 38.7 Å². The van der Waals surface area contributed by atoms with E-state index < -0.39 is 0 Å². The van der Waals surface area contributed by atoms with Crippen molar-refractivity contribution >= 4 is 21.5 Å². The lowest BCUT2D eigenvalue weighted by molar-refractivity contribution is 1.18. The fourth-order valence-electron chi connectivity index (χ4n) is 6.85. The highest BCUT2D eigenvalue weighted by atomic mass is 14.9. The van der Waals surface area contributed by atoms with Crippen LogP contribution in [0.15, 0.2) is 188 Å². The summed E-state index contributed by atoms with van der Waals surface area (Å²) < 4.78 is 0. The summed E-state index contributed by atoms with van der Waals surface area (Å²) in [4.78, 5) is 15.0. The highest BCUT2D eigenvalue weighted by molar-refractivity contribution is 5.97. The van der Waals surface area contributed by atoms with Crippen molar-refractivity contribution in [1.29, 1.82) is 0 Å². The van der Waals surface area contributed by atoms with Crippen molar-refractivity contribution < 1.29 is 0 Å². The van der Waals surface area contributed by atoms with Crippen LogP contribution in [0.4, 0.5) is 0 Å². The van der Waals surface area contributed by atoms with E-state index in [0.717, 1.165) is 72.2 Å². The molecule has 9 rings (SSSR count). The lowest BCUT2D eigenvalue weighted by Crippen LogP contribution is -1.97. The van der Waals surface area contributed by atoms with Gasteiger partial charge in [0.25, 0.3) is 0 Å². The minimum absolute atomic E-state index is 0.694. The molecule has 0 atom stereocenters. The quantitative estimate of drug-likeness (QED) is 0.182. The normalized spacial score (nSPS) is 11.2. The maximum atomic E-state index is 5.23. The van der Waals surface area contributed by atoms with Crippen LogP contribution in [-0.4, -0.2) is 15.0 Å². The molecule has 0 aliphatic heterocycles. The van der Waals surface area contributed by atoms with Gasteiger partial charge < -0.3 is 0 Å². The lowest BCUT2D eigenvalue weighted by Gasteiger charge is -2.13. The van der Waals surface area contributed by atoms with Crippen LogP contribution in [0, 0.1) is 0 Å². The third-order valence-corrected chi connectivity index (χ3v) is 9.35. The largest absolute Gasteiger partial charge is 0.263 e. The highest BCUT2D eigenvalue weighted by Gasteiger charge is 2.14. The van der Waals surface area contributed by atoms with E-state index in [2.05, 4.69) is 175 Å². The molecule has 0 N–H and O–H groups in total. The number of rotatable bonds is 6. The lowest BCUT2D eigenvalue weighted by atomic mass is 9.95. The summed E-state index contributed by atoms with van der Waals surface area (Å²) in [7, 11) is 0. The monoisotopic (exact) mass is 637 g/mol. The molecule has 7 aromatic carbocycles. The molecule has 0 radical (unpaired) electrons. The Labute approximate surface area is 291 Å². The van der Waals surface area contributed by atoms with Crippen molar-refractivity contribution in [3.05, 3.63) is 188 Å². The number of pyridine rings is 1. The molecule has 3 nitrogen and oxygen atoms in total. The molecule has 0 spiro atoms. The summed E-state index contributed by atoms with van der Waals surface area (Å²) in [5, 5.41) is 4.67. The second-order valence-corrected chi connectivity index (χ2v) is 12.5. The molecule has 0 bridgehead atoms. The van der Waals surface area contributed by atoms with Gasteiger partial charge in [-0.3, -0.25) is 4.98 Å². The van der Waals surface area contributed by atoms with Gasteiger partial charge in [-0.1, -0.05) is 152 Å². The van der Waals surface area contributed by atoms with Crippen molar-refractivity contribution in [1.82, 2.24) is 15.0 Å². The number of benzene rings is 7. The van der Waals surface area contributed by atoms with Crippen molar-refractivity contribution in [2.75, 3.05) is 0 Å². The number of hydrogen-bond acceptors (Lipinski definition) is 3. The zero-order chi connectivity index (χ0) is 33.3. The minimum Gasteiger partial charge on any atom is -0.263 e. The highest BCUT2D eigenvalue weighted by Crippen LogP contribution is 2.35. The standard InChI is InChI=1S/C47H31N3/c1-2-12-32(13-3-1)34-17-10-22-39(28-34)47-49-45(29-46(50-47)43-25-11-16-33-14-4-6-23-41(33)43)38-21-9-19-36(27-38)35-18-8-20-37(26-35)44-31-48-30-40-15-5-7-24-42(40)44/h1-31H. The van der Waals surface area contributed by atoms with E-state index in [0.29, 0.717) is 5.82 Å². The van der Waals surface area contributed by atoms with Crippen LogP contribution in [0.25, 0.3) is 88.8 Å². The molecule has 0 saturated heterocycles. The number of hydrogen-bond donors (Lipinski definition) is 0. The van der Waals surface area contributed by atoms with Crippen LogP contribution in [0.2, 0.25) is 0 Å². The smallest absolute Gasteiger partial charge is 0.160 e. The molecule has 0 aliphatic carbocycles. The zero-order valence-electron chi connectivity index (χ0n) is 27.2. The van der Waals surface area contributed by atoms with Crippen molar-refractivity contribution in [2.24, 2.45) is 0 Å². The Morgan fingerprint density at radius 3 is 1.62 bits per heavy atom. The average Bonchev–Trinajstić information content (AvgIpc) is 3.21. The Balaban J connectivity index is 1.18. The van der Waals surface area contributed by atoms with Gasteiger partial charge in [0.05, 0.1) is 11.4 Å². The summed E-state index contributed by atoms with van der Waals surface area (Å²) in [6, 6.07) is 61.8. The van der Waals surface area contributed by atoms with Gasteiger partial charge in [0.2, 0.25) is 0 Å². The first-order chi connectivity index (χ1) is 24.8. The first-order valence-corrected chi connectivity index (χ1v) is 16.8. The van der Waals surface area contributed by atoms with E-state index in [9.17, 15) is 0 Å². The number of aromatic nitrogens is 3. The molecule has 2 aromatic heterocycles. The van der Waals surface area contributed by atoms with Crippen molar-refractivity contribution in [3.8, 4) is 67.3 Å². The van der Waals surface area contributed by atoms with Crippen LogP contribution in [-0.2, 0) is 0 Å².